The molecule has 0 unspecified atom stereocenters. The van der Waals surface area contributed by atoms with E-state index in [4.69, 9.17) is 12.2 Å². The van der Waals surface area contributed by atoms with Crippen molar-refractivity contribution in [3.8, 4) is 11.3 Å². The molecule has 3 nitrogen and oxygen atoms in total. The standard InChI is InChI=1S/C14H14F3N3S/c1-7(2)12-19-11(8(3)13(21)20-12)9-6-18-5-4-10(9)14(15,16)17/h4-7H,1-3H3,(H,19,20,21). The molecule has 0 saturated heterocycles. The van der Waals surface area contributed by atoms with Crippen LogP contribution in [0.5, 0.6) is 0 Å². The van der Waals surface area contributed by atoms with Crippen LogP contribution in [0, 0.1) is 11.6 Å². The van der Waals surface area contributed by atoms with Gasteiger partial charge in [0.2, 0.25) is 0 Å². The molecule has 0 aromatic carbocycles. The molecule has 0 aliphatic heterocycles. The number of rotatable bonds is 2. The lowest BCUT2D eigenvalue weighted by Crippen LogP contribution is -2.10. The van der Waals surface area contributed by atoms with Crippen LogP contribution in [-0.4, -0.2) is 15.0 Å². The molecule has 2 rings (SSSR count). The van der Waals surface area contributed by atoms with E-state index in [1.165, 1.54) is 6.20 Å². The van der Waals surface area contributed by atoms with E-state index in [0.717, 1.165) is 12.3 Å². The summed E-state index contributed by atoms with van der Waals surface area (Å²) in [7, 11) is 0. The van der Waals surface area contributed by atoms with Gasteiger partial charge < -0.3 is 4.98 Å². The molecular formula is C14H14F3N3S. The van der Waals surface area contributed by atoms with Gasteiger partial charge in [-0.3, -0.25) is 4.98 Å². The first-order chi connectivity index (χ1) is 9.71. The van der Waals surface area contributed by atoms with Crippen molar-refractivity contribution in [2.45, 2.75) is 32.9 Å². The van der Waals surface area contributed by atoms with Gasteiger partial charge in [0.15, 0.2) is 0 Å². The van der Waals surface area contributed by atoms with Gasteiger partial charge in [0, 0.05) is 29.4 Å². The fourth-order valence-corrected chi connectivity index (χ4v) is 2.13. The molecule has 7 heteroatoms. The SMILES string of the molecule is Cc1c(-c2cnccc2C(F)(F)F)[nH]c(C(C)C)nc1=S. The van der Waals surface area contributed by atoms with E-state index < -0.39 is 11.7 Å². The number of pyridine rings is 1. The van der Waals surface area contributed by atoms with Crippen LogP contribution in [0.25, 0.3) is 11.3 Å². The molecular weight excluding hydrogens is 299 g/mol. The van der Waals surface area contributed by atoms with E-state index in [1.54, 1.807) is 6.92 Å². The normalized spacial score (nSPS) is 12.0. The second-order valence-electron chi connectivity index (χ2n) is 5.00. The van der Waals surface area contributed by atoms with Crippen LogP contribution in [0.15, 0.2) is 18.5 Å². The van der Waals surface area contributed by atoms with E-state index in [2.05, 4.69) is 15.0 Å². The highest BCUT2D eigenvalue weighted by atomic mass is 32.1. The number of nitrogens with zero attached hydrogens (tertiary/aromatic N) is 2. The third-order valence-electron chi connectivity index (χ3n) is 3.11. The Morgan fingerprint density at radius 3 is 2.52 bits per heavy atom. The van der Waals surface area contributed by atoms with Crippen molar-refractivity contribution >= 4 is 12.2 Å². The maximum Gasteiger partial charge on any atom is 0.417 e. The number of H-pyrrole nitrogens is 1. The quantitative estimate of drug-likeness (QED) is 0.820. The number of hydrogen-bond donors (Lipinski definition) is 1. The molecule has 2 aromatic rings. The lowest BCUT2D eigenvalue weighted by molar-refractivity contribution is -0.137. The average molecular weight is 313 g/mol. The van der Waals surface area contributed by atoms with E-state index in [-0.39, 0.29) is 11.5 Å². The van der Waals surface area contributed by atoms with Crippen molar-refractivity contribution in [3.05, 3.63) is 40.1 Å². The fourth-order valence-electron chi connectivity index (χ4n) is 1.93. The first-order valence-electron chi connectivity index (χ1n) is 6.34. The molecule has 21 heavy (non-hydrogen) atoms. The summed E-state index contributed by atoms with van der Waals surface area (Å²) in [4.78, 5) is 11.0. The zero-order valence-corrected chi connectivity index (χ0v) is 12.6. The zero-order valence-electron chi connectivity index (χ0n) is 11.7. The summed E-state index contributed by atoms with van der Waals surface area (Å²) in [6, 6.07) is 0.959. The van der Waals surface area contributed by atoms with Gasteiger partial charge in [0.25, 0.3) is 0 Å². The average Bonchev–Trinajstić information content (AvgIpc) is 2.40. The van der Waals surface area contributed by atoms with Crippen LogP contribution >= 0.6 is 12.2 Å². The molecule has 0 aliphatic rings. The third kappa shape index (κ3) is 3.12. The van der Waals surface area contributed by atoms with E-state index in [0.29, 0.717) is 21.7 Å². The Balaban J connectivity index is 2.76. The van der Waals surface area contributed by atoms with E-state index in [9.17, 15) is 13.2 Å². The number of nitrogens with one attached hydrogen (secondary N) is 1. The number of alkyl halides is 3. The molecule has 0 atom stereocenters. The van der Waals surface area contributed by atoms with Crippen molar-refractivity contribution in [2.24, 2.45) is 0 Å². The fraction of sp³-hybridized carbons (Fsp3) is 0.357. The lowest BCUT2D eigenvalue weighted by Gasteiger charge is -2.16. The maximum absolute atomic E-state index is 13.1. The maximum atomic E-state index is 13.1. The molecule has 0 bridgehead atoms. The van der Waals surface area contributed by atoms with Crippen LogP contribution in [-0.2, 0) is 6.18 Å². The summed E-state index contributed by atoms with van der Waals surface area (Å²) < 4.78 is 39.7. The molecule has 0 aliphatic carbocycles. The van der Waals surface area contributed by atoms with Gasteiger partial charge in [-0.2, -0.15) is 13.2 Å². The van der Waals surface area contributed by atoms with Crippen molar-refractivity contribution in [3.63, 3.8) is 0 Å². The lowest BCUT2D eigenvalue weighted by atomic mass is 10.0. The molecule has 2 heterocycles. The Labute approximate surface area is 125 Å². The first kappa shape index (κ1) is 15.6. The van der Waals surface area contributed by atoms with Gasteiger partial charge in [-0.05, 0) is 13.0 Å². The van der Waals surface area contributed by atoms with Gasteiger partial charge in [-0.15, -0.1) is 0 Å². The highest BCUT2D eigenvalue weighted by molar-refractivity contribution is 7.71. The second kappa shape index (κ2) is 5.55. The Bertz CT molecular complexity index is 720. The molecule has 1 N–H and O–H groups in total. The van der Waals surface area contributed by atoms with Gasteiger partial charge in [0.05, 0.1) is 11.3 Å². The Morgan fingerprint density at radius 1 is 1.29 bits per heavy atom. The Morgan fingerprint density at radius 2 is 1.95 bits per heavy atom. The molecule has 0 saturated carbocycles. The second-order valence-corrected chi connectivity index (χ2v) is 5.39. The first-order valence-corrected chi connectivity index (χ1v) is 6.75. The Hall–Kier alpha value is -1.76. The minimum Gasteiger partial charge on any atom is -0.343 e. The highest BCUT2D eigenvalue weighted by Crippen LogP contribution is 2.37. The minimum absolute atomic E-state index is 0.0158. The summed E-state index contributed by atoms with van der Waals surface area (Å²) in [5.74, 6) is 0.578. The van der Waals surface area contributed by atoms with Crippen LogP contribution in [0.3, 0.4) is 0 Å². The number of hydrogen-bond acceptors (Lipinski definition) is 3. The van der Waals surface area contributed by atoms with E-state index in [1.807, 2.05) is 13.8 Å². The van der Waals surface area contributed by atoms with Gasteiger partial charge in [-0.1, -0.05) is 26.1 Å². The molecule has 112 valence electrons. The summed E-state index contributed by atoms with van der Waals surface area (Å²) in [6.45, 7) is 5.43. The number of aromatic nitrogens is 3. The van der Waals surface area contributed by atoms with Gasteiger partial charge in [-0.25, -0.2) is 4.98 Å². The molecule has 2 aromatic heterocycles. The molecule has 0 spiro atoms. The number of aromatic amines is 1. The van der Waals surface area contributed by atoms with Crippen LogP contribution in [0.1, 0.15) is 36.7 Å². The van der Waals surface area contributed by atoms with Gasteiger partial charge >= 0.3 is 6.18 Å². The predicted molar refractivity (Wildman–Crippen MR) is 76.5 cm³/mol. The largest absolute Gasteiger partial charge is 0.417 e. The van der Waals surface area contributed by atoms with Crippen LogP contribution < -0.4 is 0 Å². The summed E-state index contributed by atoms with van der Waals surface area (Å²) in [6.07, 6.45) is -2.14. The van der Waals surface area contributed by atoms with Crippen molar-refractivity contribution in [1.82, 2.24) is 15.0 Å². The smallest absolute Gasteiger partial charge is 0.343 e. The van der Waals surface area contributed by atoms with Crippen molar-refractivity contribution in [1.29, 1.82) is 0 Å². The molecule has 0 radical (unpaired) electrons. The predicted octanol–water partition coefficient (Wildman–Crippen LogP) is 4.65. The molecule has 0 fully saturated rings. The summed E-state index contributed by atoms with van der Waals surface area (Å²) >= 11 is 5.15. The van der Waals surface area contributed by atoms with E-state index >= 15 is 0 Å². The number of halogens is 3. The van der Waals surface area contributed by atoms with Crippen LogP contribution in [0.2, 0.25) is 0 Å². The zero-order chi connectivity index (χ0) is 15.8. The monoisotopic (exact) mass is 313 g/mol. The topological polar surface area (TPSA) is 41.6 Å². The summed E-state index contributed by atoms with van der Waals surface area (Å²) in [5.41, 5.74) is 0.0667. The molecule has 0 amide bonds. The minimum atomic E-state index is -4.46. The van der Waals surface area contributed by atoms with Crippen molar-refractivity contribution < 1.29 is 13.2 Å². The van der Waals surface area contributed by atoms with Gasteiger partial charge in [0.1, 0.15) is 10.5 Å². The van der Waals surface area contributed by atoms with Crippen LogP contribution in [0.4, 0.5) is 13.2 Å². The third-order valence-corrected chi connectivity index (χ3v) is 3.51. The Kier molecular flexibility index (Phi) is 4.13. The van der Waals surface area contributed by atoms with Crippen molar-refractivity contribution in [2.75, 3.05) is 0 Å². The summed E-state index contributed by atoms with van der Waals surface area (Å²) in [5, 5.41) is 0. The highest BCUT2D eigenvalue weighted by Gasteiger charge is 2.34.